The van der Waals surface area contributed by atoms with E-state index in [2.05, 4.69) is 10.6 Å². The largest absolute Gasteiger partial charge is 0.454 e. The first-order valence-corrected chi connectivity index (χ1v) is 7.52. The zero-order valence-electron chi connectivity index (χ0n) is 13.2. The van der Waals surface area contributed by atoms with Gasteiger partial charge < -0.3 is 15.4 Å². The summed E-state index contributed by atoms with van der Waals surface area (Å²) in [5.74, 6) is -2.14. The Labute approximate surface area is 143 Å². The van der Waals surface area contributed by atoms with Gasteiger partial charge >= 0.3 is 12.0 Å². The molecule has 1 atom stereocenters. The molecule has 0 heterocycles. The summed E-state index contributed by atoms with van der Waals surface area (Å²) in [5, 5.41) is 6.99. The average Bonchev–Trinajstić information content (AvgIpc) is 2.52. The highest BCUT2D eigenvalue weighted by Gasteiger charge is 2.20. The molecule has 0 aliphatic heterocycles. The maximum atomic E-state index is 12.0. The molecule has 4 amide bonds. The summed E-state index contributed by atoms with van der Waals surface area (Å²) in [6.45, 7) is 2.80. The minimum Gasteiger partial charge on any atom is -0.454 e. The van der Waals surface area contributed by atoms with E-state index in [1.54, 1.807) is 25.1 Å². The second kappa shape index (κ2) is 9.51. The maximum absolute atomic E-state index is 12.0. The molecule has 1 aromatic carbocycles. The smallest absolute Gasteiger partial charge is 0.328 e. The molecule has 0 radical (unpaired) electrons. The third-order valence-electron chi connectivity index (χ3n) is 2.76. The van der Waals surface area contributed by atoms with Crippen molar-refractivity contribution in [1.29, 1.82) is 0 Å². The molecular formula is C15H18ClN3O5. The van der Waals surface area contributed by atoms with E-state index in [0.717, 1.165) is 0 Å². The van der Waals surface area contributed by atoms with Crippen molar-refractivity contribution in [2.45, 2.75) is 19.9 Å². The number of urea groups is 1. The Kier molecular flexibility index (Phi) is 7.70. The maximum Gasteiger partial charge on any atom is 0.328 e. The number of benzene rings is 1. The molecule has 0 bridgehead atoms. The Morgan fingerprint density at radius 3 is 2.50 bits per heavy atom. The van der Waals surface area contributed by atoms with Crippen LogP contribution in [0.1, 0.15) is 24.2 Å². The fraction of sp³-hybridized carbons (Fsp3) is 0.333. The van der Waals surface area contributed by atoms with Crippen LogP contribution < -0.4 is 16.0 Å². The Balaban J connectivity index is 2.45. The molecule has 0 saturated heterocycles. The lowest BCUT2D eigenvalue weighted by Gasteiger charge is -2.13. The molecule has 130 valence electrons. The van der Waals surface area contributed by atoms with Gasteiger partial charge in [0.25, 0.3) is 11.8 Å². The first-order valence-electron chi connectivity index (χ1n) is 7.14. The Bertz CT molecular complexity index is 635. The lowest BCUT2D eigenvalue weighted by Crippen LogP contribution is -2.43. The van der Waals surface area contributed by atoms with Gasteiger partial charge in [-0.25, -0.2) is 9.59 Å². The van der Waals surface area contributed by atoms with Crippen LogP contribution in [0.2, 0.25) is 5.02 Å². The lowest BCUT2D eigenvalue weighted by atomic mass is 10.2. The van der Waals surface area contributed by atoms with Gasteiger partial charge in [0.05, 0.1) is 10.6 Å². The van der Waals surface area contributed by atoms with E-state index in [-0.39, 0.29) is 10.6 Å². The number of hydrogen-bond acceptors (Lipinski definition) is 5. The number of imide groups is 1. The third-order valence-corrected chi connectivity index (χ3v) is 3.09. The number of nitrogens with one attached hydrogen (secondary N) is 3. The van der Waals surface area contributed by atoms with Gasteiger partial charge in [-0.1, -0.05) is 23.7 Å². The molecule has 0 saturated carbocycles. The van der Waals surface area contributed by atoms with Crippen LogP contribution in [0.25, 0.3) is 0 Å². The van der Waals surface area contributed by atoms with E-state index in [0.29, 0.717) is 6.54 Å². The molecule has 1 rings (SSSR count). The number of rotatable bonds is 6. The van der Waals surface area contributed by atoms with Crippen molar-refractivity contribution in [2.24, 2.45) is 0 Å². The van der Waals surface area contributed by atoms with Crippen molar-refractivity contribution in [2.75, 3.05) is 13.2 Å². The monoisotopic (exact) mass is 355 g/mol. The third kappa shape index (κ3) is 6.25. The van der Waals surface area contributed by atoms with Crippen LogP contribution in [-0.4, -0.2) is 43.0 Å². The van der Waals surface area contributed by atoms with E-state index < -0.39 is 36.5 Å². The van der Waals surface area contributed by atoms with Crippen LogP contribution >= 0.6 is 11.6 Å². The second-order valence-corrected chi connectivity index (χ2v) is 5.10. The molecule has 0 aromatic heterocycles. The molecule has 0 fully saturated rings. The van der Waals surface area contributed by atoms with Crippen molar-refractivity contribution < 1.29 is 23.9 Å². The van der Waals surface area contributed by atoms with E-state index in [1.807, 2.05) is 5.32 Å². The molecule has 0 aliphatic carbocycles. The number of hydrogen-bond donors (Lipinski definition) is 3. The van der Waals surface area contributed by atoms with Gasteiger partial charge in [-0.2, -0.15) is 0 Å². The standard InChI is InChI=1S/C15H18ClN3O5/c1-3-17-15(23)19-12(20)8-24-14(22)9(2)18-13(21)10-6-4-5-7-11(10)16/h4-7,9H,3,8H2,1-2H3,(H,18,21)(H2,17,19,20,23)/t9-/m0/s1. The van der Waals surface area contributed by atoms with Gasteiger partial charge in [0.2, 0.25) is 0 Å². The van der Waals surface area contributed by atoms with Crippen LogP contribution in [-0.2, 0) is 14.3 Å². The zero-order valence-corrected chi connectivity index (χ0v) is 14.0. The number of esters is 1. The van der Waals surface area contributed by atoms with Gasteiger partial charge in [0, 0.05) is 6.54 Å². The summed E-state index contributed by atoms with van der Waals surface area (Å²) in [7, 11) is 0. The summed E-state index contributed by atoms with van der Waals surface area (Å²) in [5.41, 5.74) is 0.216. The molecule has 8 nitrogen and oxygen atoms in total. The van der Waals surface area contributed by atoms with Crippen LogP contribution in [0.4, 0.5) is 4.79 Å². The minimum absolute atomic E-state index is 0.216. The van der Waals surface area contributed by atoms with Crippen molar-refractivity contribution in [3.8, 4) is 0 Å². The molecule has 9 heteroatoms. The SMILES string of the molecule is CCNC(=O)NC(=O)COC(=O)[C@H](C)NC(=O)c1ccccc1Cl. The number of carbonyl (C=O) groups is 4. The van der Waals surface area contributed by atoms with Gasteiger partial charge in [0.15, 0.2) is 6.61 Å². The van der Waals surface area contributed by atoms with Crippen molar-refractivity contribution in [1.82, 2.24) is 16.0 Å². The summed E-state index contributed by atoms with van der Waals surface area (Å²) in [4.78, 5) is 46.3. The molecule has 0 unspecified atom stereocenters. The predicted octanol–water partition coefficient (Wildman–Crippen LogP) is 0.847. The topological polar surface area (TPSA) is 114 Å². The van der Waals surface area contributed by atoms with E-state index in [9.17, 15) is 19.2 Å². The molecule has 0 aliphatic rings. The molecule has 24 heavy (non-hydrogen) atoms. The summed E-state index contributed by atoms with van der Waals surface area (Å²) < 4.78 is 4.73. The highest BCUT2D eigenvalue weighted by atomic mass is 35.5. The van der Waals surface area contributed by atoms with Crippen molar-refractivity contribution in [3.05, 3.63) is 34.9 Å². The van der Waals surface area contributed by atoms with E-state index in [1.165, 1.54) is 13.0 Å². The second-order valence-electron chi connectivity index (χ2n) is 4.69. The fourth-order valence-corrected chi connectivity index (χ4v) is 1.83. The summed E-state index contributed by atoms with van der Waals surface area (Å²) in [6, 6.07) is 4.69. The van der Waals surface area contributed by atoms with Crippen molar-refractivity contribution >= 4 is 35.4 Å². The first-order chi connectivity index (χ1) is 11.3. The zero-order chi connectivity index (χ0) is 18.1. The number of ether oxygens (including phenoxy) is 1. The quantitative estimate of drug-likeness (QED) is 0.654. The number of carbonyl (C=O) groups excluding carboxylic acids is 4. The van der Waals surface area contributed by atoms with E-state index in [4.69, 9.17) is 16.3 Å². The highest BCUT2D eigenvalue weighted by Crippen LogP contribution is 2.14. The van der Waals surface area contributed by atoms with Gasteiger partial charge in [-0.05, 0) is 26.0 Å². The van der Waals surface area contributed by atoms with Gasteiger partial charge in [0.1, 0.15) is 6.04 Å². The van der Waals surface area contributed by atoms with Gasteiger partial charge in [-0.3, -0.25) is 14.9 Å². The molecule has 3 N–H and O–H groups in total. The Morgan fingerprint density at radius 1 is 1.21 bits per heavy atom. The normalized spacial score (nSPS) is 11.1. The van der Waals surface area contributed by atoms with Crippen LogP contribution in [0.5, 0.6) is 0 Å². The van der Waals surface area contributed by atoms with Crippen LogP contribution in [0, 0.1) is 0 Å². The summed E-state index contributed by atoms with van der Waals surface area (Å²) >= 11 is 5.89. The average molecular weight is 356 g/mol. The molecule has 1 aromatic rings. The number of halogens is 1. The predicted molar refractivity (Wildman–Crippen MR) is 86.6 cm³/mol. The Morgan fingerprint density at radius 2 is 1.88 bits per heavy atom. The van der Waals surface area contributed by atoms with Crippen LogP contribution in [0.3, 0.4) is 0 Å². The summed E-state index contributed by atoms with van der Waals surface area (Å²) in [6.07, 6.45) is 0. The molecular weight excluding hydrogens is 338 g/mol. The van der Waals surface area contributed by atoms with E-state index >= 15 is 0 Å². The number of amides is 4. The van der Waals surface area contributed by atoms with Gasteiger partial charge in [-0.15, -0.1) is 0 Å². The first kappa shape index (κ1) is 19.4. The fourth-order valence-electron chi connectivity index (χ4n) is 1.61. The molecule has 0 spiro atoms. The van der Waals surface area contributed by atoms with Crippen molar-refractivity contribution in [3.63, 3.8) is 0 Å². The van der Waals surface area contributed by atoms with Crippen LogP contribution in [0.15, 0.2) is 24.3 Å². The lowest BCUT2D eigenvalue weighted by molar-refractivity contribution is -0.149. The highest BCUT2D eigenvalue weighted by molar-refractivity contribution is 6.33. The Hall–Kier alpha value is -2.61. The minimum atomic E-state index is -0.994.